The first-order valence-electron chi connectivity index (χ1n) is 6.23. The molecule has 3 heteroatoms. The van der Waals surface area contributed by atoms with Gasteiger partial charge < -0.3 is 5.32 Å². The zero-order chi connectivity index (χ0) is 13.0. The molecular formula is C15H18FNS. The molecule has 0 spiro atoms. The smallest absolute Gasteiger partial charge is 0.130 e. The van der Waals surface area contributed by atoms with Gasteiger partial charge in [-0.3, -0.25) is 0 Å². The molecule has 96 valence electrons. The molecule has 18 heavy (non-hydrogen) atoms. The van der Waals surface area contributed by atoms with E-state index in [-0.39, 0.29) is 11.9 Å². The lowest BCUT2D eigenvalue weighted by Crippen LogP contribution is -2.23. The number of thiophene rings is 1. The van der Waals surface area contributed by atoms with Crippen LogP contribution >= 0.6 is 11.3 Å². The highest BCUT2D eigenvalue weighted by molar-refractivity contribution is 7.09. The third-order valence-corrected chi connectivity index (χ3v) is 3.93. The molecule has 0 amide bonds. The van der Waals surface area contributed by atoms with Crippen molar-refractivity contribution in [3.05, 3.63) is 57.5 Å². The summed E-state index contributed by atoms with van der Waals surface area (Å²) in [5.74, 6) is -0.0833. The van der Waals surface area contributed by atoms with Crippen LogP contribution in [0.4, 0.5) is 4.39 Å². The minimum Gasteiger partial charge on any atom is -0.310 e. The van der Waals surface area contributed by atoms with Crippen molar-refractivity contribution in [1.29, 1.82) is 0 Å². The largest absolute Gasteiger partial charge is 0.310 e. The minimum atomic E-state index is -0.0833. The Kier molecular flexibility index (Phi) is 4.50. The van der Waals surface area contributed by atoms with Crippen LogP contribution in [0.5, 0.6) is 0 Å². The van der Waals surface area contributed by atoms with Crippen LogP contribution in [0.1, 0.15) is 29.0 Å². The summed E-state index contributed by atoms with van der Waals surface area (Å²) >= 11 is 1.72. The van der Waals surface area contributed by atoms with E-state index in [1.54, 1.807) is 11.3 Å². The van der Waals surface area contributed by atoms with Crippen LogP contribution in [-0.4, -0.2) is 6.54 Å². The van der Waals surface area contributed by atoms with Gasteiger partial charge in [-0.15, -0.1) is 11.3 Å². The normalized spacial score (nSPS) is 12.6. The Hall–Kier alpha value is -1.19. The number of benzene rings is 1. The maximum atomic E-state index is 14.2. The van der Waals surface area contributed by atoms with Crippen LogP contribution in [0.25, 0.3) is 0 Å². The molecule has 0 saturated heterocycles. The highest BCUT2D eigenvalue weighted by Crippen LogP contribution is 2.24. The Morgan fingerprint density at radius 2 is 2.11 bits per heavy atom. The summed E-state index contributed by atoms with van der Waals surface area (Å²) in [7, 11) is 0. The number of hydrogen-bond acceptors (Lipinski definition) is 2. The summed E-state index contributed by atoms with van der Waals surface area (Å²) in [5.41, 5.74) is 1.48. The Morgan fingerprint density at radius 3 is 2.78 bits per heavy atom. The molecule has 2 aromatic rings. The number of aryl methyl sites for hydroxylation is 1. The zero-order valence-electron chi connectivity index (χ0n) is 10.7. The second-order valence-electron chi connectivity index (χ2n) is 4.37. The van der Waals surface area contributed by atoms with Crippen LogP contribution in [0.15, 0.2) is 35.7 Å². The van der Waals surface area contributed by atoms with E-state index in [1.807, 2.05) is 31.2 Å². The average molecular weight is 263 g/mol. The molecule has 0 radical (unpaired) electrons. The Balaban J connectivity index is 2.26. The van der Waals surface area contributed by atoms with Gasteiger partial charge in [0.25, 0.3) is 0 Å². The van der Waals surface area contributed by atoms with E-state index in [9.17, 15) is 4.39 Å². The quantitative estimate of drug-likeness (QED) is 0.856. The molecule has 0 aliphatic rings. The highest BCUT2D eigenvalue weighted by atomic mass is 32.1. The van der Waals surface area contributed by atoms with E-state index in [4.69, 9.17) is 0 Å². The second kappa shape index (κ2) is 6.12. The summed E-state index contributed by atoms with van der Waals surface area (Å²) in [6, 6.07) is 9.80. The van der Waals surface area contributed by atoms with Crippen LogP contribution < -0.4 is 5.32 Å². The number of likely N-dealkylation sites (N-methyl/N-ethyl adjacent to an activating group) is 1. The standard InChI is InChI=1S/C15H18FNS/c1-3-17-14(10-12-7-5-9-18-12)13-8-4-6-11(2)15(13)16/h4-9,14,17H,3,10H2,1-2H3. The van der Waals surface area contributed by atoms with Gasteiger partial charge in [0.05, 0.1) is 0 Å². The molecule has 0 saturated carbocycles. The maximum absolute atomic E-state index is 14.2. The van der Waals surface area contributed by atoms with E-state index >= 15 is 0 Å². The monoisotopic (exact) mass is 263 g/mol. The van der Waals surface area contributed by atoms with Crippen molar-refractivity contribution in [3.8, 4) is 0 Å². The number of rotatable bonds is 5. The lowest BCUT2D eigenvalue weighted by atomic mass is 10.00. The van der Waals surface area contributed by atoms with Crippen LogP contribution in [-0.2, 0) is 6.42 Å². The van der Waals surface area contributed by atoms with Crippen LogP contribution in [0.3, 0.4) is 0 Å². The predicted octanol–water partition coefficient (Wildman–Crippen LogP) is 4.09. The van der Waals surface area contributed by atoms with E-state index in [1.165, 1.54) is 4.88 Å². The summed E-state index contributed by atoms with van der Waals surface area (Å²) in [4.78, 5) is 1.28. The molecule has 1 aromatic carbocycles. The van der Waals surface area contributed by atoms with Gasteiger partial charge in [0.2, 0.25) is 0 Å². The molecule has 1 aromatic heterocycles. The first-order valence-corrected chi connectivity index (χ1v) is 7.11. The predicted molar refractivity (Wildman–Crippen MR) is 75.6 cm³/mol. The summed E-state index contributed by atoms with van der Waals surface area (Å²) in [6.07, 6.45) is 0.839. The van der Waals surface area contributed by atoms with Gasteiger partial charge in [0.1, 0.15) is 5.82 Å². The van der Waals surface area contributed by atoms with Crippen molar-refractivity contribution in [1.82, 2.24) is 5.32 Å². The third-order valence-electron chi connectivity index (χ3n) is 3.03. The average Bonchev–Trinajstić information content (AvgIpc) is 2.85. The van der Waals surface area contributed by atoms with Crippen molar-refractivity contribution in [2.24, 2.45) is 0 Å². The lowest BCUT2D eigenvalue weighted by molar-refractivity contribution is 0.509. The second-order valence-corrected chi connectivity index (χ2v) is 5.40. The minimum absolute atomic E-state index is 0.0496. The third kappa shape index (κ3) is 2.98. The molecule has 0 aliphatic heterocycles. The Morgan fingerprint density at radius 1 is 1.28 bits per heavy atom. The fourth-order valence-electron chi connectivity index (χ4n) is 2.11. The van der Waals surface area contributed by atoms with Gasteiger partial charge in [-0.1, -0.05) is 31.2 Å². The van der Waals surface area contributed by atoms with Crippen molar-refractivity contribution in [3.63, 3.8) is 0 Å². The van der Waals surface area contributed by atoms with Gasteiger partial charge in [-0.25, -0.2) is 4.39 Å². The molecule has 1 N–H and O–H groups in total. The van der Waals surface area contributed by atoms with E-state index in [0.717, 1.165) is 18.5 Å². The highest BCUT2D eigenvalue weighted by Gasteiger charge is 2.16. The van der Waals surface area contributed by atoms with Crippen LogP contribution in [0, 0.1) is 12.7 Å². The van der Waals surface area contributed by atoms with Crippen molar-refractivity contribution < 1.29 is 4.39 Å². The zero-order valence-corrected chi connectivity index (χ0v) is 11.6. The van der Waals surface area contributed by atoms with Gasteiger partial charge in [-0.2, -0.15) is 0 Å². The molecule has 0 aliphatic carbocycles. The van der Waals surface area contributed by atoms with Gasteiger partial charge in [0, 0.05) is 22.9 Å². The molecule has 1 nitrogen and oxygen atoms in total. The topological polar surface area (TPSA) is 12.0 Å². The van der Waals surface area contributed by atoms with Gasteiger partial charge in [0.15, 0.2) is 0 Å². The van der Waals surface area contributed by atoms with Gasteiger partial charge in [-0.05, 0) is 30.5 Å². The number of halogens is 1. The van der Waals surface area contributed by atoms with E-state index in [2.05, 4.69) is 23.7 Å². The fraction of sp³-hybridized carbons (Fsp3) is 0.333. The summed E-state index contributed by atoms with van der Waals surface area (Å²) < 4.78 is 14.2. The summed E-state index contributed by atoms with van der Waals surface area (Å²) in [6.45, 7) is 4.70. The Bertz CT molecular complexity index is 493. The molecule has 0 bridgehead atoms. The summed E-state index contributed by atoms with van der Waals surface area (Å²) in [5, 5.41) is 5.43. The molecule has 1 unspecified atom stereocenters. The SMILES string of the molecule is CCNC(Cc1cccs1)c1cccc(C)c1F. The fourth-order valence-corrected chi connectivity index (χ4v) is 2.86. The van der Waals surface area contributed by atoms with Crippen molar-refractivity contribution >= 4 is 11.3 Å². The molecular weight excluding hydrogens is 245 g/mol. The van der Waals surface area contributed by atoms with E-state index in [0.29, 0.717) is 5.56 Å². The van der Waals surface area contributed by atoms with Crippen molar-refractivity contribution in [2.75, 3.05) is 6.54 Å². The van der Waals surface area contributed by atoms with Gasteiger partial charge >= 0.3 is 0 Å². The van der Waals surface area contributed by atoms with E-state index < -0.39 is 0 Å². The van der Waals surface area contributed by atoms with Crippen molar-refractivity contribution in [2.45, 2.75) is 26.3 Å². The number of hydrogen-bond donors (Lipinski definition) is 1. The first-order chi connectivity index (χ1) is 8.72. The maximum Gasteiger partial charge on any atom is 0.130 e. The first kappa shape index (κ1) is 13.2. The van der Waals surface area contributed by atoms with Crippen LogP contribution in [0.2, 0.25) is 0 Å². The molecule has 0 fully saturated rings. The molecule has 2 rings (SSSR count). The lowest BCUT2D eigenvalue weighted by Gasteiger charge is -2.19. The molecule has 1 heterocycles. The molecule has 1 atom stereocenters. The number of nitrogens with one attached hydrogen (secondary N) is 1. The Labute approximate surface area is 112 Å².